The first-order valence-corrected chi connectivity index (χ1v) is 6.19. The molecule has 0 radical (unpaired) electrons. The highest BCUT2D eigenvalue weighted by Gasteiger charge is 2.21. The van der Waals surface area contributed by atoms with Crippen molar-refractivity contribution in [3.05, 3.63) is 34.4 Å². The highest BCUT2D eigenvalue weighted by molar-refractivity contribution is 6.34. The van der Waals surface area contributed by atoms with Gasteiger partial charge in [0.15, 0.2) is 0 Å². The van der Waals surface area contributed by atoms with E-state index in [-0.39, 0.29) is 5.78 Å². The minimum absolute atomic E-state index is 0.144. The van der Waals surface area contributed by atoms with Gasteiger partial charge in [-0.05, 0) is 19.4 Å². The number of aryl methyl sites for hydroxylation is 3. The van der Waals surface area contributed by atoms with E-state index in [2.05, 4.69) is 10.2 Å². The summed E-state index contributed by atoms with van der Waals surface area (Å²) in [5.41, 5.74) is 1.76. The molecule has 0 bridgehead atoms. The normalized spacial score (nSPS) is 10.9. The van der Waals surface area contributed by atoms with Crippen LogP contribution in [0.2, 0.25) is 5.02 Å². The second-order valence-electron chi connectivity index (χ2n) is 4.19. The molecule has 0 spiro atoms. The topological polar surface area (TPSA) is 52.7 Å². The van der Waals surface area contributed by atoms with E-state index >= 15 is 0 Å². The summed E-state index contributed by atoms with van der Waals surface area (Å²) < 4.78 is 3.21. The second-order valence-corrected chi connectivity index (χ2v) is 4.60. The molecule has 2 heterocycles. The van der Waals surface area contributed by atoms with E-state index in [9.17, 15) is 4.79 Å². The molecule has 0 aromatic carbocycles. The van der Waals surface area contributed by atoms with Crippen LogP contribution < -0.4 is 0 Å². The van der Waals surface area contributed by atoms with Gasteiger partial charge in [-0.3, -0.25) is 14.2 Å². The van der Waals surface area contributed by atoms with E-state index in [0.29, 0.717) is 23.0 Å². The van der Waals surface area contributed by atoms with Gasteiger partial charge in [-0.25, -0.2) is 0 Å². The maximum absolute atomic E-state index is 12.5. The lowest BCUT2D eigenvalue weighted by Crippen LogP contribution is -2.15. The van der Waals surface area contributed by atoms with Crippen molar-refractivity contribution < 1.29 is 4.79 Å². The number of aromatic nitrogens is 4. The first-order chi connectivity index (χ1) is 8.54. The van der Waals surface area contributed by atoms with Crippen LogP contribution in [0.25, 0.3) is 0 Å². The van der Waals surface area contributed by atoms with Gasteiger partial charge in [-0.2, -0.15) is 10.2 Å². The molecule has 5 nitrogen and oxygen atoms in total. The molecule has 0 N–H and O–H groups in total. The van der Waals surface area contributed by atoms with E-state index in [0.717, 1.165) is 12.1 Å². The third-order valence-corrected chi connectivity index (χ3v) is 2.96. The van der Waals surface area contributed by atoms with E-state index < -0.39 is 0 Å². The molecule has 0 fully saturated rings. The lowest BCUT2D eigenvalue weighted by atomic mass is 10.2. The van der Waals surface area contributed by atoms with E-state index in [4.69, 9.17) is 11.6 Å². The largest absolute Gasteiger partial charge is 0.285 e. The molecule has 0 saturated heterocycles. The second kappa shape index (κ2) is 4.94. The molecule has 18 heavy (non-hydrogen) atoms. The van der Waals surface area contributed by atoms with Crippen molar-refractivity contribution in [1.29, 1.82) is 0 Å². The summed E-state index contributed by atoms with van der Waals surface area (Å²) >= 11 is 6.05. The highest BCUT2D eigenvalue weighted by atomic mass is 35.5. The monoisotopic (exact) mass is 266 g/mol. The van der Waals surface area contributed by atoms with Crippen molar-refractivity contribution >= 4 is 17.4 Å². The van der Waals surface area contributed by atoms with Crippen molar-refractivity contribution in [3.8, 4) is 0 Å². The molecule has 0 saturated carbocycles. The van der Waals surface area contributed by atoms with Gasteiger partial charge in [-0.15, -0.1) is 0 Å². The number of carbonyl (C=O) groups excluding carboxylic acids is 1. The third-order valence-electron chi connectivity index (χ3n) is 2.68. The summed E-state index contributed by atoms with van der Waals surface area (Å²) in [6.07, 6.45) is 2.40. The van der Waals surface area contributed by atoms with Gasteiger partial charge >= 0.3 is 0 Å². The van der Waals surface area contributed by atoms with Crippen LogP contribution in [-0.2, 0) is 13.6 Å². The average molecular weight is 267 g/mol. The van der Waals surface area contributed by atoms with Crippen LogP contribution in [0.3, 0.4) is 0 Å². The van der Waals surface area contributed by atoms with Crippen LogP contribution in [0, 0.1) is 6.92 Å². The smallest absolute Gasteiger partial charge is 0.230 e. The fraction of sp³-hybridized carbons (Fsp3) is 0.417. The van der Waals surface area contributed by atoms with Gasteiger partial charge in [0.1, 0.15) is 11.4 Å². The molecule has 0 aliphatic carbocycles. The molecule has 2 aromatic rings. The Labute approximate surface area is 110 Å². The zero-order valence-corrected chi connectivity index (χ0v) is 11.4. The number of ketones is 1. The molecule has 0 unspecified atom stereocenters. The third kappa shape index (κ3) is 2.18. The average Bonchev–Trinajstić information content (AvgIpc) is 2.82. The molecule has 0 aliphatic heterocycles. The number of halogens is 1. The molecule has 0 atom stereocenters. The van der Waals surface area contributed by atoms with Crippen molar-refractivity contribution in [2.24, 2.45) is 7.05 Å². The van der Waals surface area contributed by atoms with E-state index in [1.165, 1.54) is 6.20 Å². The Hall–Kier alpha value is -1.62. The number of hydrogen-bond acceptors (Lipinski definition) is 3. The molecule has 6 heteroatoms. The fourth-order valence-corrected chi connectivity index (χ4v) is 2.14. The Morgan fingerprint density at radius 3 is 2.78 bits per heavy atom. The molecular weight excluding hydrogens is 252 g/mol. The Balaban J connectivity index is 2.45. The Morgan fingerprint density at radius 1 is 1.50 bits per heavy atom. The summed E-state index contributed by atoms with van der Waals surface area (Å²) in [5, 5.41) is 8.67. The van der Waals surface area contributed by atoms with E-state index in [1.807, 2.05) is 13.8 Å². The van der Waals surface area contributed by atoms with Gasteiger partial charge in [0, 0.05) is 13.6 Å². The number of rotatable bonds is 4. The minimum Gasteiger partial charge on any atom is -0.285 e. The van der Waals surface area contributed by atoms with Crippen LogP contribution in [-0.4, -0.2) is 25.3 Å². The summed E-state index contributed by atoms with van der Waals surface area (Å²) in [6.45, 7) is 4.55. The van der Waals surface area contributed by atoms with Crippen LogP contribution in [0.4, 0.5) is 0 Å². The van der Waals surface area contributed by atoms with Crippen molar-refractivity contribution in [1.82, 2.24) is 19.6 Å². The maximum Gasteiger partial charge on any atom is 0.230 e. The Morgan fingerprint density at radius 2 is 2.22 bits per heavy atom. The minimum atomic E-state index is -0.144. The van der Waals surface area contributed by atoms with Crippen molar-refractivity contribution in [3.63, 3.8) is 0 Å². The summed E-state index contributed by atoms with van der Waals surface area (Å²) in [4.78, 5) is 12.5. The Kier molecular flexibility index (Phi) is 3.52. The molecule has 0 aliphatic rings. The summed E-state index contributed by atoms with van der Waals surface area (Å²) in [7, 11) is 1.74. The zero-order chi connectivity index (χ0) is 13.3. The predicted octanol–water partition coefficient (Wildman–Crippen LogP) is 2.22. The van der Waals surface area contributed by atoms with Gasteiger partial charge in [0.05, 0.1) is 16.9 Å². The Bertz CT molecular complexity index is 585. The standard InChI is InChI=1S/C12H15ClN4O/c1-4-5-17-11(9(13)7-14-17)12(18)10-6-8(2)15-16(10)3/h6-7H,4-5H2,1-3H3. The molecule has 0 amide bonds. The molecule has 2 rings (SSSR count). The summed E-state index contributed by atoms with van der Waals surface area (Å²) in [5.74, 6) is -0.144. The molecule has 2 aromatic heterocycles. The number of nitrogens with zero attached hydrogens (tertiary/aromatic N) is 4. The first kappa shape index (κ1) is 12.8. The van der Waals surface area contributed by atoms with Crippen LogP contribution in [0.5, 0.6) is 0 Å². The highest BCUT2D eigenvalue weighted by Crippen LogP contribution is 2.19. The van der Waals surface area contributed by atoms with Crippen molar-refractivity contribution in [2.45, 2.75) is 26.8 Å². The van der Waals surface area contributed by atoms with Crippen LogP contribution in [0.1, 0.15) is 35.2 Å². The van der Waals surface area contributed by atoms with Gasteiger partial charge < -0.3 is 0 Å². The first-order valence-electron chi connectivity index (χ1n) is 5.81. The molecular formula is C12H15ClN4O. The number of carbonyl (C=O) groups is 1. The van der Waals surface area contributed by atoms with Crippen molar-refractivity contribution in [2.75, 3.05) is 0 Å². The molecule has 96 valence electrons. The fourth-order valence-electron chi connectivity index (χ4n) is 1.91. The maximum atomic E-state index is 12.5. The lowest BCUT2D eigenvalue weighted by molar-refractivity contribution is 0.102. The SMILES string of the molecule is CCCn1ncc(Cl)c1C(=O)c1cc(C)nn1C. The predicted molar refractivity (Wildman–Crippen MR) is 68.9 cm³/mol. The van der Waals surface area contributed by atoms with Crippen LogP contribution in [0.15, 0.2) is 12.3 Å². The van der Waals surface area contributed by atoms with Gasteiger partial charge in [0.2, 0.25) is 5.78 Å². The van der Waals surface area contributed by atoms with Gasteiger partial charge in [-0.1, -0.05) is 18.5 Å². The summed E-state index contributed by atoms with van der Waals surface area (Å²) in [6, 6.07) is 1.75. The van der Waals surface area contributed by atoms with Gasteiger partial charge in [0.25, 0.3) is 0 Å². The quantitative estimate of drug-likeness (QED) is 0.798. The van der Waals surface area contributed by atoms with E-state index in [1.54, 1.807) is 22.5 Å². The number of hydrogen-bond donors (Lipinski definition) is 0. The lowest BCUT2D eigenvalue weighted by Gasteiger charge is -2.05. The van der Waals surface area contributed by atoms with Crippen LogP contribution >= 0.6 is 11.6 Å². The zero-order valence-electron chi connectivity index (χ0n) is 10.6.